The average molecular weight is 506 g/mol. The van der Waals surface area contributed by atoms with Gasteiger partial charge in [0.1, 0.15) is 11.3 Å². The van der Waals surface area contributed by atoms with Crippen LogP contribution >= 0.6 is 0 Å². The lowest BCUT2D eigenvalue weighted by Crippen LogP contribution is -2.06. The van der Waals surface area contributed by atoms with Gasteiger partial charge in [0.05, 0.1) is 12.7 Å². The number of imidazole rings is 2. The summed E-state index contributed by atoms with van der Waals surface area (Å²) < 4.78 is 42.6. The predicted octanol–water partition coefficient (Wildman–Crippen LogP) is 6.13. The highest BCUT2D eigenvalue weighted by Crippen LogP contribution is 2.31. The van der Waals surface area contributed by atoms with Crippen LogP contribution in [0.15, 0.2) is 60.9 Å². The van der Waals surface area contributed by atoms with E-state index >= 15 is 0 Å². The molecule has 0 aliphatic heterocycles. The van der Waals surface area contributed by atoms with E-state index in [1.54, 1.807) is 32.4 Å². The van der Waals surface area contributed by atoms with Gasteiger partial charge in [0, 0.05) is 31.4 Å². The van der Waals surface area contributed by atoms with E-state index in [4.69, 9.17) is 4.98 Å². The standard InChI is InChI=1S/C27H26F3N7/c1-16(2)19-7-5-6-8-20(19)23-32-13-21-25(35-23)37(26(31-3)33-21)14-17-9-11-18(12-10-17)24-34-22(15-36(24)4)27(28,29)30/h5-13,15-16H,14H2,1-4H3,(H,31,33). The second-order valence-electron chi connectivity index (χ2n) is 9.17. The molecule has 0 aliphatic carbocycles. The van der Waals surface area contributed by atoms with Gasteiger partial charge in [-0.1, -0.05) is 62.4 Å². The Kier molecular flexibility index (Phi) is 6.18. The third-order valence-electron chi connectivity index (χ3n) is 6.25. The zero-order valence-electron chi connectivity index (χ0n) is 20.9. The van der Waals surface area contributed by atoms with Crippen molar-refractivity contribution in [2.24, 2.45) is 7.05 Å². The maximum Gasteiger partial charge on any atom is 0.434 e. The minimum absolute atomic E-state index is 0.254. The SMILES string of the molecule is CNc1nc2cnc(-c3ccccc3C(C)C)nc2n1Cc1ccc(-c2nc(C(F)(F)F)cn2C)cc1. The molecule has 0 radical (unpaired) electrons. The molecule has 190 valence electrons. The summed E-state index contributed by atoms with van der Waals surface area (Å²) in [6.07, 6.45) is -1.76. The number of nitrogens with zero attached hydrogens (tertiary/aromatic N) is 6. The molecule has 0 amide bonds. The topological polar surface area (TPSA) is 73.5 Å². The quantitative estimate of drug-likeness (QED) is 0.301. The Labute approximate surface area is 212 Å². The molecule has 0 spiro atoms. The number of hydrogen-bond acceptors (Lipinski definition) is 5. The molecule has 0 atom stereocenters. The van der Waals surface area contributed by atoms with E-state index in [-0.39, 0.29) is 5.82 Å². The van der Waals surface area contributed by atoms with E-state index in [0.717, 1.165) is 17.3 Å². The summed E-state index contributed by atoms with van der Waals surface area (Å²) in [5.74, 6) is 1.84. The predicted molar refractivity (Wildman–Crippen MR) is 137 cm³/mol. The first-order valence-electron chi connectivity index (χ1n) is 11.9. The van der Waals surface area contributed by atoms with E-state index in [0.29, 0.717) is 41.0 Å². The number of alkyl halides is 3. The van der Waals surface area contributed by atoms with Crippen LogP contribution in [-0.2, 0) is 19.8 Å². The maximum absolute atomic E-state index is 13.1. The number of fused-ring (bicyclic) bond motifs is 1. The monoisotopic (exact) mass is 505 g/mol. The van der Waals surface area contributed by atoms with Gasteiger partial charge in [-0.3, -0.25) is 4.57 Å². The zero-order valence-corrected chi connectivity index (χ0v) is 20.9. The second kappa shape index (κ2) is 9.34. The fourth-order valence-corrected chi connectivity index (χ4v) is 4.41. The molecular weight excluding hydrogens is 479 g/mol. The van der Waals surface area contributed by atoms with Gasteiger partial charge < -0.3 is 9.88 Å². The molecule has 3 heterocycles. The Balaban J connectivity index is 1.50. The van der Waals surface area contributed by atoms with E-state index in [1.807, 2.05) is 34.9 Å². The molecular formula is C27H26F3N7. The third-order valence-corrected chi connectivity index (χ3v) is 6.25. The summed E-state index contributed by atoms with van der Waals surface area (Å²) >= 11 is 0. The van der Waals surface area contributed by atoms with Crippen molar-refractivity contribution in [3.05, 3.63) is 77.7 Å². The van der Waals surface area contributed by atoms with Crippen LogP contribution in [0.25, 0.3) is 33.9 Å². The molecule has 0 unspecified atom stereocenters. The molecule has 0 saturated carbocycles. The van der Waals surface area contributed by atoms with Crippen LogP contribution in [0, 0.1) is 0 Å². The maximum atomic E-state index is 13.1. The summed E-state index contributed by atoms with van der Waals surface area (Å²) in [5, 5.41) is 3.12. The molecule has 10 heteroatoms. The van der Waals surface area contributed by atoms with Gasteiger partial charge in [-0.2, -0.15) is 13.2 Å². The fourth-order valence-electron chi connectivity index (χ4n) is 4.41. The average Bonchev–Trinajstić information content (AvgIpc) is 3.44. The molecule has 2 aromatic carbocycles. The number of nitrogens with one attached hydrogen (secondary N) is 1. The highest BCUT2D eigenvalue weighted by atomic mass is 19.4. The molecule has 7 nitrogen and oxygen atoms in total. The molecule has 0 aliphatic rings. The van der Waals surface area contributed by atoms with Gasteiger partial charge in [0.15, 0.2) is 17.2 Å². The lowest BCUT2D eigenvalue weighted by Gasteiger charge is -2.12. The van der Waals surface area contributed by atoms with E-state index in [9.17, 15) is 13.2 Å². The third kappa shape index (κ3) is 4.66. The first kappa shape index (κ1) is 24.5. The zero-order chi connectivity index (χ0) is 26.3. The fraction of sp³-hybridized carbons (Fsp3) is 0.259. The van der Waals surface area contributed by atoms with Crippen molar-refractivity contribution in [2.45, 2.75) is 32.5 Å². The van der Waals surface area contributed by atoms with Crippen molar-refractivity contribution < 1.29 is 13.2 Å². The van der Waals surface area contributed by atoms with Gasteiger partial charge in [0.25, 0.3) is 0 Å². The Bertz CT molecular complexity index is 1560. The minimum atomic E-state index is -4.49. The first-order chi connectivity index (χ1) is 17.7. The number of aryl methyl sites for hydroxylation is 1. The first-order valence-corrected chi connectivity index (χ1v) is 11.9. The summed E-state index contributed by atoms with van der Waals surface area (Å²) in [4.78, 5) is 17.9. The summed E-state index contributed by atoms with van der Waals surface area (Å²) in [7, 11) is 3.35. The van der Waals surface area contributed by atoms with Crippen LogP contribution in [0.4, 0.5) is 19.1 Å². The van der Waals surface area contributed by atoms with Crippen molar-refractivity contribution in [1.29, 1.82) is 0 Å². The highest BCUT2D eigenvalue weighted by molar-refractivity contribution is 5.77. The minimum Gasteiger partial charge on any atom is -0.359 e. The van der Waals surface area contributed by atoms with Gasteiger partial charge in [0.2, 0.25) is 5.95 Å². The molecule has 1 N–H and O–H groups in total. The van der Waals surface area contributed by atoms with Gasteiger partial charge >= 0.3 is 6.18 Å². The number of benzene rings is 2. The Morgan fingerprint density at radius 2 is 1.70 bits per heavy atom. The number of hydrogen-bond donors (Lipinski definition) is 1. The highest BCUT2D eigenvalue weighted by Gasteiger charge is 2.34. The van der Waals surface area contributed by atoms with E-state index in [2.05, 4.69) is 40.2 Å². The molecule has 5 rings (SSSR count). The van der Waals surface area contributed by atoms with Crippen LogP contribution in [-0.4, -0.2) is 36.1 Å². The van der Waals surface area contributed by atoms with Crippen molar-refractivity contribution >= 4 is 17.1 Å². The van der Waals surface area contributed by atoms with Crippen LogP contribution in [0.5, 0.6) is 0 Å². The van der Waals surface area contributed by atoms with E-state index in [1.165, 1.54) is 10.1 Å². The van der Waals surface area contributed by atoms with Gasteiger partial charge in [-0.15, -0.1) is 0 Å². The molecule has 37 heavy (non-hydrogen) atoms. The largest absolute Gasteiger partial charge is 0.434 e. The number of anilines is 1. The Hall–Kier alpha value is -4.21. The van der Waals surface area contributed by atoms with Gasteiger partial charge in [-0.25, -0.2) is 19.9 Å². The normalized spacial score (nSPS) is 12.0. The van der Waals surface area contributed by atoms with Crippen LogP contribution in [0.3, 0.4) is 0 Å². The number of rotatable bonds is 6. The van der Waals surface area contributed by atoms with Crippen molar-refractivity contribution in [3.63, 3.8) is 0 Å². The van der Waals surface area contributed by atoms with Crippen molar-refractivity contribution in [3.8, 4) is 22.8 Å². The summed E-state index contributed by atoms with van der Waals surface area (Å²) in [6, 6.07) is 15.4. The lowest BCUT2D eigenvalue weighted by atomic mass is 9.97. The Morgan fingerprint density at radius 1 is 0.973 bits per heavy atom. The smallest absolute Gasteiger partial charge is 0.359 e. The summed E-state index contributed by atoms with van der Waals surface area (Å²) in [5.41, 5.74) is 4.13. The van der Waals surface area contributed by atoms with E-state index < -0.39 is 11.9 Å². The van der Waals surface area contributed by atoms with Crippen LogP contribution in [0.1, 0.15) is 36.6 Å². The van der Waals surface area contributed by atoms with Crippen molar-refractivity contribution in [1.82, 2.24) is 29.1 Å². The molecule has 0 bridgehead atoms. The summed E-state index contributed by atoms with van der Waals surface area (Å²) in [6.45, 7) is 4.74. The van der Waals surface area contributed by atoms with Gasteiger partial charge in [-0.05, 0) is 17.0 Å². The molecule has 5 aromatic rings. The molecule has 3 aromatic heterocycles. The molecule has 0 saturated heterocycles. The lowest BCUT2D eigenvalue weighted by molar-refractivity contribution is -0.140. The van der Waals surface area contributed by atoms with Crippen molar-refractivity contribution in [2.75, 3.05) is 12.4 Å². The second-order valence-corrected chi connectivity index (χ2v) is 9.17. The molecule has 0 fully saturated rings. The van der Waals surface area contributed by atoms with Crippen LogP contribution in [0.2, 0.25) is 0 Å². The number of halogens is 3. The Morgan fingerprint density at radius 3 is 2.35 bits per heavy atom. The van der Waals surface area contributed by atoms with Crippen LogP contribution < -0.4 is 5.32 Å². The number of aromatic nitrogens is 6.